The summed E-state index contributed by atoms with van der Waals surface area (Å²) in [6.45, 7) is 2.63. The number of hydrazine groups is 1. The summed E-state index contributed by atoms with van der Waals surface area (Å²) in [5.41, 5.74) is 1.60. The second-order valence-corrected chi connectivity index (χ2v) is 3.77. The second kappa shape index (κ2) is 3.63. The van der Waals surface area contributed by atoms with Gasteiger partial charge in [-0.05, 0) is 31.4 Å². The molecule has 1 saturated heterocycles. The maximum absolute atomic E-state index is 12.9. The summed E-state index contributed by atoms with van der Waals surface area (Å²) >= 11 is 0. The summed E-state index contributed by atoms with van der Waals surface area (Å²) in [6, 6.07) is 2.04. The lowest BCUT2D eigenvalue weighted by Gasteiger charge is -2.19. The summed E-state index contributed by atoms with van der Waals surface area (Å²) in [4.78, 5) is 3.71. The van der Waals surface area contributed by atoms with Crippen LogP contribution in [-0.2, 0) is 0 Å². The standard InChI is InChI=1S/C10H14FN3/c1-7-5-8(6-13-10(7)11)9-3-2-4-14(9)12/h5-6,9H,2-4,12H2,1H3/t9-/m1/s1. The van der Waals surface area contributed by atoms with E-state index in [1.807, 2.05) is 6.07 Å². The van der Waals surface area contributed by atoms with Crippen molar-refractivity contribution >= 4 is 0 Å². The fourth-order valence-electron chi connectivity index (χ4n) is 1.91. The molecule has 1 aromatic rings. The zero-order valence-electron chi connectivity index (χ0n) is 8.20. The third-order valence-electron chi connectivity index (χ3n) is 2.71. The quantitative estimate of drug-likeness (QED) is 0.546. The molecule has 0 aliphatic carbocycles. The van der Waals surface area contributed by atoms with E-state index in [-0.39, 0.29) is 6.04 Å². The minimum Gasteiger partial charge on any atom is -0.268 e. The first-order chi connectivity index (χ1) is 6.68. The highest BCUT2D eigenvalue weighted by Gasteiger charge is 2.23. The van der Waals surface area contributed by atoms with E-state index in [4.69, 9.17) is 5.84 Å². The summed E-state index contributed by atoms with van der Waals surface area (Å²) in [6.07, 6.45) is 3.71. The number of hydrogen-bond donors (Lipinski definition) is 1. The first kappa shape index (κ1) is 9.55. The van der Waals surface area contributed by atoms with Crippen molar-refractivity contribution in [3.8, 4) is 0 Å². The molecule has 0 radical (unpaired) electrons. The zero-order valence-corrected chi connectivity index (χ0v) is 8.20. The summed E-state index contributed by atoms with van der Waals surface area (Å²) < 4.78 is 12.9. The van der Waals surface area contributed by atoms with Gasteiger partial charge in [0.15, 0.2) is 0 Å². The van der Waals surface area contributed by atoms with E-state index in [1.54, 1.807) is 18.1 Å². The van der Waals surface area contributed by atoms with Crippen molar-refractivity contribution in [1.82, 2.24) is 9.99 Å². The van der Waals surface area contributed by atoms with Gasteiger partial charge in [-0.3, -0.25) is 5.84 Å². The number of aromatic nitrogens is 1. The Balaban J connectivity index is 2.28. The van der Waals surface area contributed by atoms with Crippen molar-refractivity contribution in [3.05, 3.63) is 29.3 Å². The highest BCUT2D eigenvalue weighted by molar-refractivity contribution is 5.21. The van der Waals surface area contributed by atoms with E-state index in [2.05, 4.69) is 4.98 Å². The maximum atomic E-state index is 12.9. The van der Waals surface area contributed by atoms with Crippen LogP contribution in [0.5, 0.6) is 0 Å². The first-order valence-corrected chi connectivity index (χ1v) is 4.82. The second-order valence-electron chi connectivity index (χ2n) is 3.77. The Kier molecular flexibility index (Phi) is 2.48. The van der Waals surface area contributed by atoms with Crippen molar-refractivity contribution in [2.75, 3.05) is 6.54 Å². The number of hydrogen-bond acceptors (Lipinski definition) is 3. The van der Waals surface area contributed by atoms with Gasteiger partial charge in [0.25, 0.3) is 0 Å². The normalized spacial score (nSPS) is 22.9. The number of nitrogens with two attached hydrogens (primary N) is 1. The van der Waals surface area contributed by atoms with Gasteiger partial charge in [0.1, 0.15) is 0 Å². The molecule has 0 aromatic carbocycles. The Morgan fingerprint density at radius 3 is 3.00 bits per heavy atom. The number of halogens is 1. The van der Waals surface area contributed by atoms with E-state index in [0.29, 0.717) is 5.56 Å². The third-order valence-corrected chi connectivity index (χ3v) is 2.71. The Labute approximate surface area is 82.7 Å². The van der Waals surface area contributed by atoms with Gasteiger partial charge in [0, 0.05) is 18.3 Å². The van der Waals surface area contributed by atoms with Crippen LogP contribution in [0.15, 0.2) is 12.3 Å². The molecule has 0 spiro atoms. The highest BCUT2D eigenvalue weighted by atomic mass is 19.1. The molecule has 2 N–H and O–H groups in total. The first-order valence-electron chi connectivity index (χ1n) is 4.82. The lowest BCUT2D eigenvalue weighted by atomic mass is 10.1. The number of rotatable bonds is 1. The van der Waals surface area contributed by atoms with Crippen LogP contribution in [-0.4, -0.2) is 16.5 Å². The Morgan fingerprint density at radius 2 is 2.43 bits per heavy atom. The molecule has 1 atom stereocenters. The van der Waals surface area contributed by atoms with Crippen LogP contribution in [0.25, 0.3) is 0 Å². The Hall–Kier alpha value is -1.00. The van der Waals surface area contributed by atoms with Gasteiger partial charge in [0.2, 0.25) is 5.95 Å². The SMILES string of the molecule is Cc1cc([C@H]2CCCN2N)cnc1F. The number of aryl methyl sites for hydroxylation is 1. The van der Waals surface area contributed by atoms with E-state index < -0.39 is 5.95 Å². The largest absolute Gasteiger partial charge is 0.268 e. The van der Waals surface area contributed by atoms with Crippen molar-refractivity contribution in [1.29, 1.82) is 0 Å². The van der Waals surface area contributed by atoms with Gasteiger partial charge < -0.3 is 0 Å². The molecule has 0 bridgehead atoms. The van der Waals surface area contributed by atoms with Gasteiger partial charge in [-0.25, -0.2) is 9.99 Å². The zero-order chi connectivity index (χ0) is 10.1. The van der Waals surface area contributed by atoms with Crippen molar-refractivity contribution in [2.24, 2.45) is 5.84 Å². The van der Waals surface area contributed by atoms with Gasteiger partial charge in [-0.1, -0.05) is 0 Å². The summed E-state index contributed by atoms with van der Waals surface area (Å²) in [7, 11) is 0. The van der Waals surface area contributed by atoms with Crippen LogP contribution in [0.4, 0.5) is 4.39 Å². The van der Waals surface area contributed by atoms with Crippen molar-refractivity contribution in [2.45, 2.75) is 25.8 Å². The van der Waals surface area contributed by atoms with Gasteiger partial charge in [0.05, 0.1) is 6.04 Å². The van der Waals surface area contributed by atoms with E-state index in [1.165, 1.54) is 0 Å². The van der Waals surface area contributed by atoms with Crippen LogP contribution in [0.1, 0.15) is 30.0 Å². The minimum absolute atomic E-state index is 0.210. The molecule has 3 nitrogen and oxygen atoms in total. The fourth-order valence-corrected chi connectivity index (χ4v) is 1.91. The summed E-state index contributed by atoms with van der Waals surface area (Å²) in [5, 5.41) is 1.80. The highest BCUT2D eigenvalue weighted by Crippen LogP contribution is 2.29. The Bertz CT molecular complexity index is 340. The van der Waals surface area contributed by atoms with Gasteiger partial charge >= 0.3 is 0 Å². The molecule has 1 aliphatic heterocycles. The molecule has 2 heterocycles. The van der Waals surface area contributed by atoms with E-state index >= 15 is 0 Å². The average Bonchev–Trinajstić information content (AvgIpc) is 2.57. The van der Waals surface area contributed by atoms with E-state index in [9.17, 15) is 4.39 Å². The lowest BCUT2D eigenvalue weighted by Crippen LogP contribution is -2.30. The molecule has 2 rings (SSSR count). The molecule has 0 saturated carbocycles. The molecule has 14 heavy (non-hydrogen) atoms. The smallest absolute Gasteiger partial charge is 0.215 e. The predicted octanol–water partition coefficient (Wildman–Crippen LogP) is 1.54. The lowest BCUT2D eigenvalue weighted by molar-refractivity contribution is 0.265. The minimum atomic E-state index is -0.393. The van der Waals surface area contributed by atoms with E-state index in [0.717, 1.165) is 24.9 Å². The fraction of sp³-hybridized carbons (Fsp3) is 0.500. The number of pyridine rings is 1. The van der Waals surface area contributed by atoms with Crippen molar-refractivity contribution < 1.29 is 4.39 Å². The molecule has 0 amide bonds. The predicted molar refractivity (Wildman–Crippen MR) is 51.8 cm³/mol. The van der Waals surface area contributed by atoms with Crippen LogP contribution < -0.4 is 5.84 Å². The topological polar surface area (TPSA) is 42.1 Å². The third kappa shape index (κ3) is 1.63. The molecule has 1 fully saturated rings. The van der Waals surface area contributed by atoms with Crippen LogP contribution in [0.3, 0.4) is 0 Å². The van der Waals surface area contributed by atoms with Crippen LogP contribution in [0.2, 0.25) is 0 Å². The van der Waals surface area contributed by atoms with Crippen LogP contribution in [0, 0.1) is 12.9 Å². The van der Waals surface area contributed by atoms with Gasteiger partial charge in [-0.15, -0.1) is 0 Å². The molecular weight excluding hydrogens is 181 g/mol. The average molecular weight is 195 g/mol. The molecule has 1 aliphatic rings. The summed E-state index contributed by atoms with van der Waals surface area (Å²) in [5.74, 6) is 5.42. The van der Waals surface area contributed by atoms with Gasteiger partial charge in [-0.2, -0.15) is 4.39 Å². The Morgan fingerprint density at radius 1 is 1.64 bits per heavy atom. The monoisotopic (exact) mass is 195 g/mol. The molecule has 1 aromatic heterocycles. The molecule has 4 heteroatoms. The molecular formula is C10H14FN3. The van der Waals surface area contributed by atoms with Crippen molar-refractivity contribution in [3.63, 3.8) is 0 Å². The molecule has 76 valence electrons. The number of nitrogens with zero attached hydrogens (tertiary/aromatic N) is 2. The van der Waals surface area contributed by atoms with Crippen LogP contribution >= 0.6 is 0 Å². The molecule has 0 unspecified atom stereocenters. The maximum Gasteiger partial charge on any atom is 0.215 e.